The van der Waals surface area contributed by atoms with Crippen LogP contribution in [-0.2, 0) is 10.0 Å². The molecule has 18 heavy (non-hydrogen) atoms. The molecule has 1 aliphatic heterocycles. The minimum atomic E-state index is -3.06. The maximum absolute atomic E-state index is 12.1. The normalized spacial score (nSPS) is 21.4. The number of rotatable bonds is 6. The van der Waals surface area contributed by atoms with Gasteiger partial charge < -0.3 is 5.73 Å². The van der Waals surface area contributed by atoms with Crippen LogP contribution in [-0.4, -0.2) is 62.1 Å². The van der Waals surface area contributed by atoms with Crippen molar-refractivity contribution < 1.29 is 8.42 Å². The third-order valence-electron chi connectivity index (χ3n) is 3.58. The van der Waals surface area contributed by atoms with Gasteiger partial charge in [0.25, 0.3) is 0 Å². The van der Waals surface area contributed by atoms with Crippen LogP contribution in [0.2, 0.25) is 0 Å². The summed E-state index contributed by atoms with van der Waals surface area (Å²) < 4.78 is 25.9. The Labute approximate surface area is 111 Å². The Kier molecular flexibility index (Phi) is 6.04. The number of nitrogens with zero attached hydrogens (tertiary/aromatic N) is 2. The lowest BCUT2D eigenvalue weighted by molar-refractivity contribution is 0.148. The molecule has 0 amide bonds. The van der Waals surface area contributed by atoms with Crippen molar-refractivity contribution in [2.45, 2.75) is 33.2 Å². The van der Waals surface area contributed by atoms with Gasteiger partial charge in [-0.05, 0) is 19.3 Å². The average molecular weight is 277 g/mol. The summed E-state index contributed by atoms with van der Waals surface area (Å²) in [4.78, 5) is 2.26. The van der Waals surface area contributed by atoms with Crippen LogP contribution in [0.25, 0.3) is 0 Å². The molecular weight excluding hydrogens is 250 g/mol. The molecule has 0 spiro atoms. The molecule has 2 N–H and O–H groups in total. The zero-order valence-electron chi connectivity index (χ0n) is 11.8. The molecule has 1 heterocycles. The van der Waals surface area contributed by atoms with Crippen LogP contribution in [0, 0.1) is 5.92 Å². The van der Waals surface area contributed by atoms with Gasteiger partial charge in [-0.3, -0.25) is 4.90 Å². The molecule has 0 saturated carbocycles. The highest BCUT2D eigenvalue weighted by molar-refractivity contribution is 7.89. The molecule has 5 nitrogen and oxygen atoms in total. The molecule has 1 unspecified atom stereocenters. The molecule has 1 rings (SSSR count). The van der Waals surface area contributed by atoms with E-state index in [4.69, 9.17) is 5.73 Å². The van der Waals surface area contributed by atoms with Gasteiger partial charge in [0.2, 0.25) is 10.0 Å². The molecule has 1 saturated heterocycles. The first-order chi connectivity index (χ1) is 8.36. The van der Waals surface area contributed by atoms with Gasteiger partial charge in [-0.25, -0.2) is 8.42 Å². The fourth-order valence-corrected chi connectivity index (χ4v) is 3.83. The van der Waals surface area contributed by atoms with Gasteiger partial charge in [0, 0.05) is 38.8 Å². The second-order valence-electron chi connectivity index (χ2n) is 5.52. The van der Waals surface area contributed by atoms with Crippen molar-refractivity contribution >= 4 is 10.0 Å². The van der Waals surface area contributed by atoms with E-state index in [1.165, 1.54) is 0 Å². The van der Waals surface area contributed by atoms with Gasteiger partial charge in [-0.15, -0.1) is 0 Å². The molecule has 1 aliphatic rings. The van der Waals surface area contributed by atoms with E-state index in [0.717, 1.165) is 19.5 Å². The molecule has 0 bridgehead atoms. The predicted octanol–water partition coefficient (Wildman–Crippen LogP) is 0.327. The number of piperazine rings is 1. The molecule has 6 heteroatoms. The van der Waals surface area contributed by atoms with Crippen LogP contribution in [0.15, 0.2) is 0 Å². The van der Waals surface area contributed by atoms with Crippen molar-refractivity contribution in [1.29, 1.82) is 0 Å². The van der Waals surface area contributed by atoms with Gasteiger partial charge in [0.05, 0.1) is 5.75 Å². The summed E-state index contributed by atoms with van der Waals surface area (Å²) in [6, 6.07) is 0.338. The van der Waals surface area contributed by atoms with Crippen molar-refractivity contribution in [3.8, 4) is 0 Å². The van der Waals surface area contributed by atoms with E-state index in [0.29, 0.717) is 31.6 Å². The Bertz CT molecular complexity index is 335. The minimum absolute atomic E-state index is 0.275. The SMILES string of the molecule is CC(C)CCS(=O)(=O)N1CCN(C(C)CN)CC1. The van der Waals surface area contributed by atoms with Crippen molar-refractivity contribution in [2.24, 2.45) is 11.7 Å². The van der Waals surface area contributed by atoms with E-state index in [1.807, 2.05) is 0 Å². The van der Waals surface area contributed by atoms with Gasteiger partial charge in [0.15, 0.2) is 0 Å². The summed E-state index contributed by atoms with van der Waals surface area (Å²) in [6.07, 6.45) is 0.738. The molecular formula is C12H27N3O2S. The molecule has 0 aliphatic carbocycles. The summed E-state index contributed by atoms with van der Waals surface area (Å²) >= 11 is 0. The quantitative estimate of drug-likeness (QED) is 0.759. The highest BCUT2D eigenvalue weighted by Gasteiger charge is 2.28. The van der Waals surface area contributed by atoms with E-state index in [1.54, 1.807) is 4.31 Å². The Morgan fingerprint density at radius 3 is 2.11 bits per heavy atom. The van der Waals surface area contributed by atoms with E-state index in [2.05, 4.69) is 25.7 Å². The maximum atomic E-state index is 12.1. The highest BCUT2D eigenvalue weighted by atomic mass is 32.2. The van der Waals surface area contributed by atoms with Crippen molar-refractivity contribution in [1.82, 2.24) is 9.21 Å². The van der Waals surface area contributed by atoms with Crippen LogP contribution in [0.4, 0.5) is 0 Å². The number of hydrogen-bond acceptors (Lipinski definition) is 4. The van der Waals surface area contributed by atoms with Gasteiger partial charge in [-0.2, -0.15) is 4.31 Å². The van der Waals surface area contributed by atoms with Crippen LogP contribution in [0.5, 0.6) is 0 Å². The zero-order chi connectivity index (χ0) is 13.8. The van der Waals surface area contributed by atoms with E-state index in [-0.39, 0.29) is 5.75 Å². The minimum Gasteiger partial charge on any atom is -0.329 e. The number of nitrogens with two attached hydrogens (primary N) is 1. The Morgan fingerprint density at radius 2 is 1.67 bits per heavy atom. The Morgan fingerprint density at radius 1 is 1.11 bits per heavy atom. The molecule has 0 radical (unpaired) electrons. The zero-order valence-corrected chi connectivity index (χ0v) is 12.6. The lowest BCUT2D eigenvalue weighted by Gasteiger charge is -2.37. The second kappa shape index (κ2) is 6.84. The summed E-state index contributed by atoms with van der Waals surface area (Å²) in [7, 11) is -3.06. The van der Waals surface area contributed by atoms with Gasteiger partial charge in [0.1, 0.15) is 0 Å². The fourth-order valence-electron chi connectivity index (χ4n) is 2.09. The standard InChI is InChI=1S/C12H27N3O2S/c1-11(2)4-9-18(16,17)15-7-5-14(6-8-15)12(3)10-13/h11-12H,4-10,13H2,1-3H3. The van der Waals surface area contributed by atoms with E-state index >= 15 is 0 Å². The van der Waals surface area contributed by atoms with Crippen molar-refractivity contribution in [2.75, 3.05) is 38.5 Å². The third kappa shape index (κ3) is 4.50. The lowest BCUT2D eigenvalue weighted by atomic mass is 10.2. The van der Waals surface area contributed by atoms with Crippen molar-refractivity contribution in [3.05, 3.63) is 0 Å². The summed E-state index contributed by atoms with van der Waals surface area (Å²) in [5.41, 5.74) is 5.63. The lowest BCUT2D eigenvalue weighted by Crippen LogP contribution is -2.53. The summed E-state index contributed by atoms with van der Waals surface area (Å²) in [5.74, 6) is 0.704. The van der Waals surface area contributed by atoms with Gasteiger partial charge >= 0.3 is 0 Å². The topological polar surface area (TPSA) is 66.6 Å². The predicted molar refractivity (Wildman–Crippen MR) is 74.9 cm³/mol. The van der Waals surface area contributed by atoms with Crippen LogP contribution in [0.1, 0.15) is 27.2 Å². The molecule has 0 aromatic rings. The summed E-state index contributed by atoms with van der Waals surface area (Å²) in [5, 5.41) is 0. The molecule has 1 fully saturated rings. The summed E-state index contributed by atoms with van der Waals surface area (Å²) in [6.45, 7) is 9.60. The fraction of sp³-hybridized carbons (Fsp3) is 1.00. The van der Waals surface area contributed by atoms with E-state index < -0.39 is 10.0 Å². The first-order valence-corrected chi connectivity index (χ1v) is 8.39. The smallest absolute Gasteiger partial charge is 0.214 e. The Hall–Kier alpha value is -0.170. The van der Waals surface area contributed by atoms with Crippen molar-refractivity contribution in [3.63, 3.8) is 0 Å². The molecule has 108 valence electrons. The number of hydrogen-bond donors (Lipinski definition) is 1. The molecule has 0 aromatic carbocycles. The first kappa shape index (κ1) is 15.9. The van der Waals surface area contributed by atoms with Gasteiger partial charge in [-0.1, -0.05) is 13.8 Å². The number of sulfonamides is 1. The van der Waals surface area contributed by atoms with Crippen LogP contribution < -0.4 is 5.73 Å². The van der Waals surface area contributed by atoms with Crippen LogP contribution >= 0.6 is 0 Å². The average Bonchev–Trinajstić information content (AvgIpc) is 2.36. The highest BCUT2D eigenvalue weighted by Crippen LogP contribution is 2.12. The monoisotopic (exact) mass is 277 g/mol. The Balaban J connectivity index is 2.46. The van der Waals surface area contributed by atoms with Crippen LogP contribution in [0.3, 0.4) is 0 Å². The first-order valence-electron chi connectivity index (χ1n) is 6.78. The second-order valence-corrected chi connectivity index (χ2v) is 7.61. The van der Waals surface area contributed by atoms with E-state index in [9.17, 15) is 8.42 Å². The largest absolute Gasteiger partial charge is 0.329 e. The maximum Gasteiger partial charge on any atom is 0.214 e. The third-order valence-corrected chi connectivity index (χ3v) is 5.49. The molecule has 0 aromatic heterocycles. The molecule has 1 atom stereocenters.